The maximum Gasteiger partial charge on any atom is 0.253 e. The normalized spacial score (nSPS) is 19.8. The lowest BCUT2D eigenvalue weighted by molar-refractivity contribution is -0.136. The molecule has 0 N–H and O–H groups in total. The summed E-state index contributed by atoms with van der Waals surface area (Å²) in [7, 11) is 0. The van der Waals surface area contributed by atoms with Gasteiger partial charge in [0, 0.05) is 51.3 Å². The Kier molecular flexibility index (Phi) is 7.04. The van der Waals surface area contributed by atoms with Gasteiger partial charge in [-0.3, -0.25) is 14.5 Å². The molecule has 0 saturated carbocycles. The fraction of sp³-hybridized carbons (Fsp3) is 0.565. The molecule has 0 spiro atoms. The van der Waals surface area contributed by atoms with Crippen LogP contribution in [0.4, 0.5) is 0 Å². The van der Waals surface area contributed by atoms with Gasteiger partial charge >= 0.3 is 0 Å². The van der Waals surface area contributed by atoms with E-state index in [1.165, 1.54) is 6.42 Å². The number of benzene rings is 1. The van der Waals surface area contributed by atoms with Gasteiger partial charge in [0.05, 0.1) is 6.54 Å². The molecule has 1 unspecified atom stereocenters. The fourth-order valence-corrected chi connectivity index (χ4v) is 4.28. The average molecular weight is 442 g/mol. The number of likely N-dealkylation sites (tertiary alicyclic amines) is 1. The summed E-state index contributed by atoms with van der Waals surface area (Å²) in [6.45, 7) is 8.05. The molecule has 2 aliphatic rings. The van der Waals surface area contributed by atoms with Gasteiger partial charge in [0.2, 0.25) is 17.6 Å². The Bertz CT molecular complexity index is 921. The zero-order valence-electron chi connectivity index (χ0n) is 18.8. The van der Waals surface area contributed by atoms with E-state index in [0.717, 1.165) is 19.4 Å². The first-order valence-corrected chi connectivity index (χ1v) is 11.3. The second-order valence-corrected chi connectivity index (χ2v) is 8.54. The van der Waals surface area contributed by atoms with Crippen molar-refractivity contribution >= 4 is 11.8 Å². The van der Waals surface area contributed by atoms with Crippen molar-refractivity contribution in [1.82, 2.24) is 24.8 Å². The topological polar surface area (TPSA) is 92.0 Å². The van der Waals surface area contributed by atoms with Crippen LogP contribution in [-0.2, 0) is 11.4 Å². The number of carbonyl (C=O) groups is 2. The number of ether oxygens (including phenoxy) is 1. The van der Waals surface area contributed by atoms with Crippen LogP contribution in [0, 0.1) is 6.92 Å². The number of hydrogen-bond donors (Lipinski definition) is 0. The first-order chi connectivity index (χ1) is 15.5. The second-order valence-electron chi connectivity index (χ2n) is 8.54. The molecule has 1 atom stereocenters. The van der Waals surface area contributed by atoms with Crippen LogP contribution in [0.2, 0.25) is 0 Å². The summed E-state index contributed by atoms with van der Waals surface area (Å²) < 4.78 is 10.6. The number of carbonyl (C=O) groups excluding carboxylic acids is 2. The predicted molar refractivity (Wildman–Crippen MR) is 117 cm³/mol. The van der Waals surface area contributed by atoms with Crippen molar-refractivity contribution in [2.75, 3.05) is 39.3 Å². The summed E-state index contributed by atoms with van der Waals surface area (Å²) in [6.07, 6.45) is 3.39. The van der Waals surface area contributed by atoms with E-state index in [4.69, 9.17) is 9.26 Å². The summed E-state index contributed by atoms with van der Waals surface area (Å²) in [4.78, 5) is 35.7. The van der Waals surface area contributed by atoms with Crippen LogP contribution in [0.1, 0.15) is 48.3 Å². The van der Waals surface area contributed by atoms with E-state index in [1.807, 2.05) is 9.80 Å². The van der Waals surface area contributed by atoms with E-state index >= 15 is 0 Å². The fourth-order valence-electron chi connectivity index (χ4n) is 4.28. The molecule has 2 saturated heterocycles. The maximum atomic E-state index is 12.9. The molecule has 2 aliphatic heterocycles. The summed E-state index contributed by atoms with van der Waals surface area (Å²) in [5, 5.41) is 3.79. The van der Waals surface area contributed by atoms with Gasteiger partial charge in [-0.15, -0.1) is 0 Å². The van der Waals surface area contributed by atoms with E-state index < -0.39 is 0 Å². The SMILES string of the molecule is Cc1nc(COc2ccc(C(=O)N3CCN(CC(=O)N4CCCCC4C)CC3)cc2)no1. The highest BCUT2D eigenvalue weighted by Crippen LogP contribution is 2.18. The molecule has 2 fully saturated rings. The molecule has 9 nitrogen and oxygen atoms in total. The third-order valence-electron chi connectivity index (χ3n) is 6.18. The average Bonchev–Trinajstić information content (AvgIpc) is 3.23. The Labute approximate surface area is 188 Å². The Balaban J connectivity index is 1.23. The number of piperidine rings is 1. The van der Waals surface area contributed by atoms with Crippen molar-refractivity contribution in [2.24, 2.45) is 0 Å². The smallest absolute Gasteiger partial charge is 0.253 e. The van der Waals surface area contributed by atoms with Gasteiger partial charge in [-0.05, 0) is 50.5 Å². The lowest BCUT2D eigenvalue weighted by Gasteiger charge is -2.38. The zero-order valence-corrected chi connectivity index (χ0v) is 18.8. The van der Waals surface area contributed by atoms with E-state index in [9.17, 15) is 9.59 Å². The highest BCUT2D eigenvalue weighted by atomic mass is 16.5. The Hall–Kier alpha value is -2.94. The van der Waals surface area contributed by atoms with Gasteiger partial charge in [-0.25, -0.2) is 0 Å². The van der Waals surface area contributed by atoms with Crippen LogP contribution < -0.4 is 4.74 Å². The van der Waals surface area contributed by atoms with Gasteiger partial charge < -0.3 is 19.1 Å². The van der Waals surface area contributed by atoms with Crippen molar-refractivity contribution in [3.63, 3.8) is 0 Å². The quantitative estimate of drug-likeness (QED) is 0.678. The summed E-state index contributed by atoms with van der Waals surface area (Å²) in [5.41, 5.74) is 0.624. The molecule has 2 aromatic rings. The molecule has 0 bridgehead atoms. The van der Waals surface area contributed by atoms with Crippen LogP contribution in [-0.4, -0.2) is 82.0 Å². The van der Waals surface area contributed by atoms with E-state index in [2.05, 4.69) is 22.0 Å². The minimum atomic E-state index is 0.000900. The Morgan fingerprint density at radius 1 is 1.09 bits per heavy atom. The van der Waals surface area contributed by atoms with Crippen molar-refractivity contribution < 1.29 is 18.8 Å². The third-order valence-corrected chi connectivity index (χ3v) is 6.18. The molecule has 1 aromatic heterocycles. The summed E-state index contributed by atoms with van der Waals surface area (Å²) in [5.74, 6) is 1.83. The van der Waals surface area contributed by atoms with Gasteiger partial charge in [0.1, 0.15) is 5.75 Å². The molecular weight excluding hydrogens is 410 g/mol. The number of nitrogens with zero attached hydrogens (tertiary/aromatic N) is 5. The van der Waals surface area contributed by atoms with Gasteiger partial charge in [-0.1, -0.05) is 5.16 Å². The maximum absolute atomic E-state index is 12.9. The molecule has 1 aromatic carbocycles. The summed E-state index contributed by atoms with van der Waals surface area (Å²) in [6, 6.07) is 7.42. The predicted octanol–water partition coefficient (Wildman–Crippen LogP) is 2.12. The minimum Gasteiger partial charge on any atom is -0.485 e. The van der Waals surface area contributed by atoms with Crippen LogP contribution in [0.25, 0.3) is 0 Å². The Morgan fingerprint density at radius 3 is 2.50 bits per heavy atom. The van der Waals surface area contributed by atoms with E-state index in [1.54, 1.807) is 31.2 Å². The van der Waals surface area contributed by atoms with Crippen molar-refractivity contribution in [2.45, 2.75) is 45.8 Å². The Morgan fingerprint density at radius 2 is 1.84 bits per heavy atom. The van der Waals surface area contributed by atoms with Crippen LogP contribution in [0.3, 0.4) is 0 Å². The first-order valence-electron chi connectivity index (χ1n) is 11.3. The standard InChI is InChI=1S/C23H31N5O4/c1-17-5-3-4-10-28(17)22(29)15-26-11-13-27(14-12-26)23(30)19-6-8-20(9-7-19)31-16-21-24-18(2)32-25-21/h6-9,17H,3-5,10-16H2,1-2H3. The van der Waals surface area contributed by atoms with Crippen LogP contribution >= 0.6 is 0 Å². The summed E-state index contributed by atoms with van der Waals surface area (Å²) >= 11 is 0. The van der Waals surface area contributed by atoms with E-state index in [-0.39, 0.29) is 18.4 Å². The van der Waals surface area contributed by atoms with Crippen molar-refractivity contribution in [3.05, 3.63) is 41.5 Å². The molecule has 2 amide bonds. The van der Waals surface area contributed by atoms with Gasteiger partial charge in [-0.2, -0.15) is 4.98 Å². The first kappa shape index (κ1) is 22.3. The largest absolute Gasteiger partial charge is 0.485 e. The minimum absolute atomic E-state index is 0.000900. The molecule has 3 heterocycles. The molecule has 4 rings (SSSR count). The lowest BCUT2D eigenvalue weighted by atomic mass is 10.0. The van der Waals surface area contributed by atoms with Crippen LogP contribution in [0.5, 0.6) is 5.75 Å². The zero-order chi connectivity index (χ0) is 22.5. The number of aromatic nitrogens is 2. The molecule has 0 aliphatic carbocycles. The number of rotatable bonds is 6. The van der Waals surface area contributed by atoms with Crippen LogP contribution in [0.15, 0.2) is 28.8 Å². The molecule has 32 heavy (non-hydrogen) atoms. The van der Waals surface area contributed by atoms with E-state index in [0.29, 0.717) is 61.8 Å². The number of amides is 2. The lowest BCUT2D eigenvalue weighted by Crippen LogP contribution is -2.53. The number of aryl methyl sites for hydroxylation is 1. The number of piperazine rings is 1. The highest BCUT2D eigenvalue weighted by Gasteiger charge is 2.27. The molecular formula is C23H31N5O4. The van der Waals surface area contributed by atoms with Crippen molar-refractivity contribution in [3.8, 4) is 5.75 Å². The molecule has 172 valence electrons. The van der Waals surface area contributed by atoms with Gasteiger partial charge in [0.15, 0.2) is 6.61 Å². The van der Waals surface area contributed by atoms with Crippen molar-refractivity contribution in [1.29, 1.82) is 0 Å². The second kappa shape index (κ2) is 10.1. The number of hydrogen-bond acceptors (Lipinski definition) is 7. The highest BCUT2D eigenvalue weighted by molar-refractivity contribution is 5.94. The van der Waals surface area contributed by atoms with Gasteiger partial charge in [0.25, 0.3) is 5.91 Å². The molecule has 9 heteroatoms. The molecule has 0 radical (unpaired) electrons. The third kappa shape index (κ3) is 5.45. The monoisotopic (exact) mass is 441 g/mol.